The smallest absolute Gasteiger partial charge is 0.145 e. The quantitative estimate of drug-likeness (QED) is 0.156. The Morgan fingerprint density at radius 1 is 0.411 bits per heavy atom. The van der Waals surface area contributed by atoms with Gasteiger partial charge in [-0.25, -0.2) is 4.98 Å². The van der Waals surface area contributed by atoms with Crippen molar-refractivity contribution >= 4 is 45.2 Å². The lowest BCUT2D eigenvalue weighted by atomic mass is 9.82. The first-order valence-corrected chi connectivity index (χ1v) is 19.2. The first-order valence-electron chi connectivity index (χ1n) is 19.2. The van der Waals surface area contributed by atoms with Crippen molar-refractivity contribution in [2.24, 2.45) is 0 Å². The Bertz CT molecular complexity index is 2770. The van der Waals surface area contributed by atoms with Crippen molar-refractivity contribution in [2.45, 2.75) is 19.3 Å². The zero-order valence-electron chi connectivity index (χ0n) is 31.4. The second kappa shape index (κ2) is 13.6. The summed E-state index contributed by atoms with van der Waals surface area (Å²) >= 11 is 0. The molecule has 10 rings (SSSR count). The molecular weight excluding hydrogens is 681 g/mol. The summed E-state index contributed by atoms with van der Waals surface area (Å²) in [5.41, 5.74) is 15.9. The van der Waals surface area contributed by atoms with Gasteiger partial charge in [0.1, 0.15) is 5.82 Å². The Kier molecular flexibility index (Phi) is 8.11. The van der Waals surface area contributed by atoms with E-state index in [0.717, 1.165) is 62.2 Å². The molecule has 0 bridgehead atoms. The maximum Gasteiger partial charge on any atom is 0.145 e. The molecule has 268 valence electrons. The van der Waals surface area contributed by atoms with Crippen LogP contribution < -0.4 is 9.80 Å². The second-order valence-corrected chi connectivity index (χ2v) is 14.9. The highest BCUT2D eigenvalue weighted by Gasteiger charge is 2.36. The summed E-state index contributed by atoms with van der Waals surface area (Å²) in [6.07, 6.45) is 0. The molecule has 0 atom stereocenters. The molecule has 0 saturated carbocycles. The minimum absolute atomic E-state index is 0.101. The number of fused-ring (bicyclic) bond motifs is 4. The van der Waals surface area contributed by atoms with Crippen molar-refractivity contribution < 1.29 is 0 Å². The number of hydrogen-bond acceptors (Lipinski definition) is 3. The Balaban J connectivity index is 1.09. The lowest BCUT2D eigenvalue weighted by molar-refractivity contribution is 0.661. The summed E-state index contributed by atoms with van der Waals surface area (Å²) in [6.45, 7) is 4.65. The minimum atomic E-state index is -0.101. The van der Waals surface area contributed by atoms with Crippen molar-refractivity contribution in [1.82, 2.24) is 9.55 Å². The predicted molar refractivity (Wildman–Crippen MR) is 233 cm³/mol. The highest BCUT2D eigenvalue weighted by atomic mass is 15.2. The lowest BCUT2D eigenvalue weighted by Crippen LogP contribution is -2.14. The lowest BCUT2D eigenvalue weighted by Gasteiger charge is -2.29. The standard InChI is InChI=1S/C52H40N4/c1-52(2)47-29-16-15-28-45(47)46-35-50-49(36-48(46)52)53-51(56(50)41-24-13-6-14-25-41)37-30-32-42(33-31-37)55(40-22-11-5-12-23-40)44-27-17-26-43(34-44)54(38-18-7-3-8-19-38)39-20-9-4-10-21-39/h3-36H,1-2H3. The fourth-order valence-electron chi connectivity index (χ4n) is 8.46. The van der Waals surface area contributed by atoms with Crippen LogP contribution in [0.1, 0.15) is 25.0 Å². The van der Waals surface area contributed by atoms with E-state index in [4.69, 9.17) is 4.98 Å². The molecule has 0 N–H and O–H groups in total. The van der Waals surface area contributed by atoms with Gasteiger partial charge in [0, 0.05) is 50.8 Å². The average Bonchev–Trinajstić information content (AvgIpc) is 3.74. The third-order valence-electron chi connectivity index (χ3n) is 11.1. The van der Waals surface area contributed by atoms with Crippen molar-refractivity contribution in [2.75, 3.05) is 9.80 Å². The third-order valence-corrected chi connectivity index (χ3v) is 11.1. The monoisotopic (exact) mass is 720 g/mol. The molecule has 9 aromatic rings. The van der Waals surface area contributed by atoms with Gasteiger partial charge >= 0.3 is 0 Å². The molecule has 0 spiro atoms. The van der Waals surface area contributed by atoms with E-state index in [-0.39, 0.29) is 5.41 Å². The largest absolute Gasteiger partial charge is 0.310 e. The van der Waals surface area contributed by atoms with Crippen LogP contribution in [-0.4, -0.2) is 9.55 Å². The molecule has 0 radical (unpaired) electrons. The molecule has 0 aliphatic heterocycles. The molecule has 1 aliphatic carbocycles. The summed E-state index contributed by atoms with van der Waals surface area (Å²) in [5.74, 6) is 0.919. The first kappa shape index (κ1) is 33.4. The molecule has 8 aromatic carbocycles. The molecule has 1 aliphatic rings. The van der Waals surface area contributed by atoms with Crippen LogP contribution in [-0.2, 0) is 5.41 Å². The summed E-state index contributed by atoms with van der Waals surface area (Å²) in [7, 11) is 0. The van der Waals surface area contributed by atoms with Crippen molar-refractivity contribution in [3.05, 3.63) is 217 Å². The number of imidazole rings is 1. The van der Waals surface area contributed by atoms with Crippen LogP contribution in [0, 0.1) is 0 Å². The summed E-state index contributed by atoms with van der Waals surface area (Å²) in [5, 5.41) is 0. The van der Waals surface area contributed by atoms with Crippen LogP contribution in [0.4, 0.5) is 34.1 Å². The molecule has 0 unspecified atom stereocenters. The van der Waals surface area contributed by atoms with Gasteiger partial charge in [0.05, 0.1) is 11.0 Å². The van der Waals surface area contributed by atoms with Crippen LogP contribution in [0.15, 0.2) is 206 Å². The van der Waals surface area contributed by atoms with E-state index >= 15 is 0 Å². The third kappa shape index (κ3) is 5.66. The zero-order chi connectivity index (χ0) is 37.6. The number of anilines is 6. The second-order valence-electron chi connectivity index (χ2n) is 14.9. The molecule has 0 fully saturated rings. The van der Waals surface area contributed by atoms with Crippen LogP contribution >= 0.6 is 0 Å². The molecule has 56 heavy (non-hydrogen) atoms. The topological polar surface area (TPSA) is 24.3 Å². The number of nitrogens with zero attached hydrogens (tertiary/aromatic N) is 4. The van der Waals surface area contributed by atoms with E-state index in [2.05, 4.69) is 234 Å². The zero-order valence-corrected chi connectivity index (χ0v) is 31.4. The molecule has 4 heteroatoms. The fourth-order valence-corrected chi connectivity index (χ4v) is 8.46. The first-order chi connectivity index (χ1) is 27.5. The van der Waals surface area contributed by atoms with Gasteiger partial charge in [-0.05, 0) is 125 Å². The predicted octanol–water partition coefficient (Wildman–Crippen LogP) is 13.9. The normalized spacial score (nSPS) is 12.6. The van der Waals surface area contributed by atoms with Gasteiger partial charge in [-0.2, -0.15) is 0 Å². The van der Waals surface area contributed by atoms with E-state index < -0.39 is 0 Å². The summed E-state index contributed by atoms with van der Waals surface area (Å²) in [4.78, 5) is 10.0. The molecule has 0 amide bonds. The van der Waals surface area contributed by atoms with Gasteiger partial charge in [-0.3, -0.25) is 4.57 Å². The highest BCUT2D eigenvalue weighted by Crippen LogP contribution is 2.50. The average molecular weight is 721 g/mol. The number of hydrogen-bond donors (Lipinski definition) is 0. The van der Waals surface area contributed by atoms with Gasteiger partial charge in [0.25, 0.3) is 0 Å². The van der Waals surface area contributed by atoms with E-state index in [1.54, 1.807) is 0 Å². The van der Waals surface area contributed by atoms with Crippen LogP contribution in [0.3, 0.4) is 0 Å². The summed E-state index contributed by atoms with van der Waals surface area (Å²) in [6, 6.07) is 73.4. The van der Waals surface area contributed by atoms with Crippen LogP contribution in [0.5, 0.6) is 0 Å². The van der Waals surface area contributed by atoms with E-state index in [1.807, 2.05) is 0 Å². The fraction of sp³-hybridized carbons (Fsp3) is 0.0577. The van der Waals surface area contributed by atoms with Gasteiger partial charge in [-0.1, -0.05) is 117 Å². The molecule has 4 nitrogen and oxygen atoms in total. The van der Waals surface area contributed by atoms with Gasteiger partial charge in [-0.15, -0.1) is 0 Å². The Morgan fingerprint density at radius 3 is 1.46 bits per heavy atom. The molecule has 1 heterocycles. The van der Waals surface area contributed by atoms with E-state index in [9.17, 15) is 0 Å². The SMILES string of the molecule is CC1(C)c2ccccc2-c2cc3c(cc21)nc(-c1ccc(N(c2ccccc2)c2cccc(N(c4ccccc4)c4ccccc4)c2)cc1)n3-c1ccccc1. The molecule has 1 aromatic heterocycles. The maximum absolute atomic E-state index is 5.39. The van der Waals surface area contributed by atoms with Gasteiger partial charge < -0.3 is 9.80 Å². The highest BCUT2D eigenvalue weighted by molar-refractivity contribution is 5.93. The van der Waals surface area contributed by atoms with Crippen LogP contribution in [0.2, 0.25) is 0 Å². The molecular formula is C52H40N4. The van der Waals surface area contributed by atoms with E-state index in [0.29, 0.717) is 0 Å². The Labute approximate surface area is 328 Å². The van der Waals surface area contributed by atoms with Crippen molar-refractivity contribution in [3.8, 4) is 28.2 Å². The van der Waals surface area contributed by atoms with Gasteiger partial charge in [0.15, 0.2) is 0 Å². The summed E-state index contributed by atoms with van der Waals surface area (Å²) < 4.78 is 2.32. The Hall–Kier alpha value is -7.17. The van der Waals surface area contributed by atoms with E-state index in [1.165, 1.54) is 22.3 Å². The van der Waals surface area contributed by atoms with Crippen molar-refractivity contribution in [3.63, 3.8) is 0 Å². The number of rotatable bonds is 8. The van der Waals surface area contributed by atoms with Gasteiger partial charge in [0.2, 0.25) is 0 Å². The maximum atomic E-state index is 5.39. The van der Waals surface area contributed by atoms with Crippen molar-refractivity contribution in [1.29, 1.82) is 0 Å². The number of para-hydroxylation sites is 4. The molecule has 0 saturated heterocycles. The van der Waals surface area contributed by atoms with Crippen LogP contribution in [0.25, 0.3) is 39.2 Å². The number of aromatic nitrogens is 2. The number of benzene rings is 8. The minimum Gasteiger partial charge on any atom is -0.310 e. The Morgan fingerprint density at radius 2 is 0.893 bits per heavy atom.